The molecule has 1 amide bonds. The summed E-state index contributed by atoms with van der Waals surface area (Å²) in [6.45, 7) is 3.08. The first kappa shape index (κ1) is 14.8. The maximum absolute atomic E-state index is 12.0. The lowest BCUT2D eigenvalue weighted by Gasteiger charge is -2.21. The number of pyridine rings is 1. The lowest BCUT2D eigenvalue weighted by Crippen LogP contribution is -2.29. The Labute approximate surface area is 120 Å². The van der Waals surface area contributed by atoms with Gasteiger partial charge in [-0.2, -0.15) is 0 Å². The molecule has 1 aromatic rings. The maximum Gasteiger partial charge on any atom is 0.270 e. The molecule has 5 nitrogen and oxygen atoms in total. The molecular formula is C15H23N3O2. The van der Waals surface area contributed by atoms with Gasteiger partial charge >= 0.3 is 0 Å². The molecule has 1 aromatic heterocycles. The normalized spacial score (nSPS) is 15.8. The smallest absolute Gasteiger partial charge is 0.270 e. The second kappa shape index (κ2) is 7.85. The molecular weight excluding hydrogens is 254 g/mol. The molecule has 0 saturated carbocycles. The van der Waals surface area contributed by atoms with Crippen molar-refractivity contribution < 1.29 is 9.53 Å². The van der Waals surface area contributed by atoms with Crippen molar-refractivity contribution in [3.8, 4) is 0 Å². The van der Waals surface area contributed by atoms with Crippen molar-refractivity contribution in [3.05, 3.63) is 23.9 Å². The molecule has 1 N–H and O–H groups in total. The van der Waals surface area contributed by atoms with Crippen LogP contribution in [0.25, 0.3) is 0 Å². The number of carbonyl (C=O) groups excluding carboxylic acids is 1. The van der Waals surface area contributed by atoms with Crippen molar-refractivity contribution in [2.75, 3.05) is 38.3 Å². The molecule has 5 heteroatoms. The monoisotopic (exact) mass is 277 g/mol. The number of nitrogens with zero attached hydrogens (tertiary/aromatic N) is 2. The van der Waals surface area contributed by atoms with E-state index < -0.39 is 0 Å². The number of aromatic nitrogens is 1. The second-order valence-corrected chi connectivity index (χ2v) is 5.03. The second-order valence-electron chi connectivity index (χ2n) is 5.03. The van der Waals surface area contributed by atoms with E-state index in [9.17, 15) is 4.79 Å². The van der Waals surface area contributed by atoms with Crippen LogP contribution in [-0.4, -0.2) is 44.2 Å². The minimum absolute atomic E-state index is 0.140. The molecule has 0 atom stereocenters. The Balaban J connectivity index is 2.01. The first-order valence-electron chi connectivity index (χ1n) is 7.30. The number of methoxy groups -OCH3 is 1. The van der Waals surface area contributed by atoms with Crippen molar-refractivity contribution in [1.82, 2.24) is 10.3 Å². The standard InChI is InChI=1S/C15H23N3O2/c1-20-12-9-16-15(19)13-7-6-8-14(17-13)18-10-4-2-3-5-11-18/h6-8H,2-5,9-12H2,1H3,(H,16,19). The van der Waals surface area contributed by atoms with Gasteiger partial charge in [0.15, 0.2) is 0 Å². The molecule has 2 rings (SSSR count). The number of hydrogen-bond donors (Lipinski definition) is 1. The summed E-state index contributed by atoms with van der Waals surface area (Å²) in [5.74, 6) is 0.769. The van der Waals surface area contributed by atoms with E-state index >= 15 is 0 Å². The van der Waals surface area contributed by atoms with Crippen molar-refractivity contribution in [1.29, 1.82) is 0 Å². The van der Waals surface area contributed by atoms with Crippen LogP contribution in [0.3, 0.4) is 0 Å². The highest BCUT2D eigenvalue weighted by molar-refractivity contribution is 5.92. The average molecular weight is 277 g/mol. The number of carbonyl (C=O) groups is 1. The van der Waals surface area contributed by atoms with E-state index in [4.69, 9.17) is 4.74 Å². The highest BCUT2D eigenvalue weighted by atomic mass is 16.5. The summed E-state index contributed by atoms with van der Waals surface area (Å²) >= 11 is 0. The van der Waals surface area contributed by atoms with Gasteiger partial charge in [0, 0.05) is 26.7 Å². The molecule has 1 saturated heterocycles. The number of anilines is 1. The third-order valence-electron chi connectivity index (χ3n) is 3.49. The number of amides is 1. The van der Waals surface area contributed by atoms with Crippen LogP contribution >= 0.6 is 0 Å². The van der Waals surface area contributed by atoms with Crippen LogP contribution < -0.4 is 10.2 Å². The van der Waals surface area contributed by atoms with Crippen molar-refractivity contribution >= 4 is 11.7 Å². The van der Waals surface area contributed by atoms with Gasteiger partial charge < -0.3 is 15.0 Å². The van der Waals surface area contributed by atoms with E-state index in [-0.39, 0.29) is 5.91 Å². The Hall–Kier alpha value is -1.62. The van der Waals surface area contributed by atoms with Gasteiger partial charge in [0.25, 0.3) is 5.91 Å². The zero-order chi connectivity index (χ0) is 14.2. The summed E-state index contributed by atoms with van der Waals surface area (Å²) in [6, 6.07) is 5.64. The molecule has 0 spiro atoms. The molecule has 0 aliphatic carbocycles. The number of nitrogens with one attached hydrogen (secondary N) is 1. The largest absolute Gasteiger partial charge is 0.383 e. The molecule has 1 aliphatic heterocycles. The Morgan fingerprint density at radius 2 is 2.05 bits per heavy atom. The van der Waals surface area contributed by atoms with E-state index in [1.165, 1.54) is 25.7 Å². The van der Waals surface area contributed by atoms with Crippen LogP contribution in [0.1, 0.15) is 36.2 Å². The molecule has 2 heterocycles. The molecule has 20 heavy (non-hydrogen) atoms. The molecule has 0 unspecified atom stereocenters. The van der Waals surface area contributed by atoms with E-state index in [0.29, 0.717) is 18.8 Å². The van der Waals surface area contributed by atoms with Gasteiger partial charge in [-0.1, -0.05) is 18.9 Å². The van der Waals surface area contributed by atoms with Crippen LogP contribution in [0.15, 0.2) is 18.2 Å². The van der Waals surface area contributed by atoms with E-state index in [0.717, 1.165) is 18.9 Å². The highest BCUT2D eigenvalue weighted by Crippen LogP contribution is 2.17. The van der Waals surface area contributed by atoms with Crippen molar-refractivity contribution in [3.63, 3.8) is 0 Å². The fraction of sp³-hybridized carbons (Fsp3) is 0.600. The lowest BCUT2D eigenvalue weighted by molar-refractivity contribution is 0.0932. The van der Waals surface area contributed by atoms with E-state index in [1.54, 1.807) is 13.2 Å². The van der Waals surface area contributed by atoms with Gasteiger partial charge in [0.1, 0.15) is 11.5 Å². The van der Waals surface area contributed by atoms with E-state index in [2.05, 4.69) is 15.2 Å². The van der Waals surface area contributed by atoms with Gasteiger partial charge in [-0.25, -0.2) is 4.98 Å². The third-order valence-corrected chi connectivity index (χ3v) is 3.49. The summed E-state index contributed by atoms with van der Waals surface area (Å²) in [7, 11) is 1.62. The summed E-state index contributed by atoms with van der Waals surface area (Å²) in [5.41, 5.74) is 0.475. The third kappa shape index (κ3) is 4.20. The zero-order valence-corrected chi connectivity index (χ0v) is 12.1. The topological polar surface area (TPSA) is 54.5 Å². The summed E-state index contributed by atoms with van der Waals surface area (Å²) < 4.78 is 4.92. The fourth-order valence-corrected chi connectivity index (χ4v) is 2.38. The highest BCUT2D eigenvalue weighted by Gasteiger charge is 2.13. The average Bonchev–Trinajstić information content (AvgIpc) is 2.76. The van der Waals surface area contributed by atoms with Gasteiger partial charge in [-0.05, 0) is 25.0 Å². The van der Waals surface area contributed by atoms with Crippen LogP contribution in [0.4, 0.5) is 5.82 Å². The zero-order valence-electron chi connectivity index (χ0n) is 12.1. The lowest BCUT2D eigenvalue weighted by atomic mass is 10.2. The fourth-order valence-electron chi connectivity index (χ4n) is 2.38. The maximum atomic E-state index is 12.0. The van der Waals surface area contributed by atoms with Crippen LogP contribution in [-0.2, 0) is 4.74 Å². The predicted octanol–water partition coefficient (Wildman–Crippen LogP) is 1.84. The Morgan fingerprint density at radius 3 is 2.75 bits per heavy atom. The number of ether oxygens (including phenoxy) is 1. The SMILES string of the molecule is COCCNC(=O)c1cccc(N2CCCCCC2)n1. The molecule has 0 bridgehead atoms. The summed E-state index contributed by atoms with van der Waals surface area (Å²) in [6.07, 6.45) is 4.97. The quantitative estimate of drug-likeness (QED) is 0.834. The summed E-state index contributed by atoms with van der Waals surface area (Å²) in [5, 5.41) is 2.80. The van der Waals surface area contributed by atoms with Crippen LogP contribution in [0.5, 0.6) is 0 Å². The minimum Gasteiger partial charge on any atom is -0.383 e. The Bertz CT molecular complexity index is 429. The molecule has 110 valence electrons. The Morgan fingerprint density at radius 1 is 1.30 bits per heavy atom. The van der Waals surface area contributed by atoms with Gasteiger partial charge in [0.05, 0.1) is 6.61 Å². The first-order chi connectivity index (χ1) is 9.81. The predicted molar refractivity (Wildman–Crippen MR) is 79.1 cm³/mol. The van der Waals surface area contributed by atoms with Crippen LogP contribution in [0.2, 0.25) is 0 Å². The number of hydrogen-bond acceptors (Lipinski definition) is 4. The van der Waals surface area contributed by atoms with Crippen molar-refractivity contribution in [2.45, 2.75) is 25.7 Å². The molecule has 1 aliphatic rings. The van der Waals surface area contributed by atoms with Gasteiger partial charge in [-0.3, -0.25) is 4.79 Å². The molecule has 1 fully saturated rings. The number of rotatable bonds is 5. The van der Waals surface area contributed by atoms with Crippen LogP contribution in [0, 0.1) is 0 Å². The molecule has 0 radical (unpaired) electrons. The summed E-state index contributed by atoms with van der Waals surface area (Å²) in [4.78, 5) is 18.7. The Kier molecular flexibility index (Phi) is 5.80. The van der Waals surface area contributed by atoms with Gasteiger partial charge in [-0.15, -0.1) is 0 Å². The van der Waals surface area contributed by atoms with Crippen molar-refractivity contribution in [2.24, 2.45) is 0 Å². The van der Waals surface area contributed by atoms with Gasteiger partial charge in [0.2, 0.25) is 0 Å². The first-order valence-corrected chi connectivity index (χ1v) is 7.30. The molecule has 0 aromatic carbocycles. The van der Waals surface area contributed by atoms with E-state index in [1.807, 2.05) is 12.1 Å². The minimum atomic E-state index is -0.140.